The Morgan fingerprint density at radius 1 is 1.54 bits per heavy atom. The maximum absolute atomic E-state index is 5.78. The van der Waals surface area contributed by atoms with Gasteiger partial charge in [-0.05, 0) is 25.7 Å². The Morgan fingerprint density at radius 3 is 2.92 bits per heavy atom. The van der Waals surface area contributed by atoms with Gasteiger partial charge in [-0.3, -0.25) is 0 Å². The molecular weight excluding hydrogens is 200 g/mol. The molecule has 13 heavy (non-hydrogen) atoms. The number of halogens is 1. The Morgan fingerprint density at radius 2 is 2.38 bits per heavy atom. The van der Waals surface area contributed by atoms with Crippen LogP contribution in [-0.4, -0.2) is 27.0 Å². The number of hydrogen-bond donors (Lipinski definition) is 0. The lowest BCUT2D eigenvalue weighted by Gasteiger charge is -2.27. The molecule has 1 nitrogen and oxygen atoms in total. The average Bonchev–Trinajstić information content (AvgIpc) is 2.21. The lowest BCUT2D eigenvalue weighted by Crippen LogP contribution is -2.34. The van der Waals surface area contributed by atoms with E-state index in [0.29, 0.717) is 5.73 Å². The molecule has 2 atom stereocenters. The van der Waals surface area contributed by atoms with E-state index in [0.717, 1.165) is 18.9 Å². The molecule has 0 aromatic rings. The fraction of sp³-hybridized carbons (Fsp3) is 0.800. The van der Waals surface area contributed by atoms with Gasteiger partial charge in [0, 0.05) is 18.2 Å². The quantitative estimate of drug-likeness (QED) is 0.510. The zero-order chi connectivity index (χ0) is 9.52. The standard InChI is InChI=1S/C10H19ClOSi/c1-2-13(9-5-7-11)10-6-3-4-8-12-10/h2,10,13H,1,3-9H2. The Bertz CT molecular complexity index is 146. The third-order valence-corrected chi connectivity index (χ3v) is 6.09. The van der Waals surface area contributed by atoms with Crippen molar-refractivity contribution in [2.75, 3.05) is 12.5 Å². The fourth-order valence-corrected chi connectivity index (χ4v) is 4.92. The van der Waals surface area contributed by atoms with Crippen molar-refractivity contribution in [3.63, 3.8) is 0 Å². The predicted molar refractivity (Wildman–Crippen MR) is 61.1 cm³/mol. The van der Waals surface area contributed by atoms with E-state index in [1.807, 2.05) is 0 Å². The number of hydrogen-bond acceptors (Lipinski definition) is 1. The first-order chi connectivity index (χ1) is 6.38. The molecular formula is C10H19ClOSi. The molecule has 0 spiro atoms. The fourth-order valence-electron chi connectivity index (χ4n) is 1.87. The minimum atomic E-state index is -0.855. The van der Waals surface area contributed by atoms with Crippen molar-refractivity contribution < 1.29 is 4.74 Å². The molecule has 1 aliphatic heterocycles. The average molecular weight is 219 g/mol. The lowest BCUT2D eigenvalue weighted by atomic mass is 10.2. The normalized spacial score (nSPS) is 25.5. The monoisotopic (exact) mass is 218 g/mol. The number of ether oxygens (including phenoxy) is 1. The molecule has 2 unspecified atom stereocenters. The van der Waals surface area contributed by atoms with E-state index in [9.17, 15) is 0 Å². The van der Waals surface area contributed by atoms with Crippen molar-refractivity contribution in [2.24, 2.45) is 0 Å². The second kappa shape index (κ2) is 6.63. The van der Waals surface area contributed by atoms with Crippen LogP contribution in [0.2, 0.25) is 6.04 Å². The number of rotatable bonds is 5. The van der Waals surface area contributed by atoms with Crippen molar-refractivity contribution in [1.29, 1.82) is 0 Å². The van der Waals surface area contributed by atoms with E-state index in [2.05, 4.69) is 12.3 Å². The zero-order valence-corrected chi connectivity index (χ0v) is 10.1. The van der Waals surface area contributed by atoms with Crippen LogP contribution < -0.4 is 0 Å². The highest BCUT2D eigenvalue weighted by Gasteiger charge is 2.22. The van der Waals surface area contributed by atoms with E-state index < -0.39 is 8.80 Å². The highest BCUT2D eigenvalue weighted by atomic mass is 35.5. The summed E-state index contributed by atoms with van der Waals surface area (Å²) in [6.07, 6.45) is 4.96. The van der Waals surface area contributed by atoms with E-state index in [1.54, 1.807) is 0 Å². The van der Waals surface area contributed by atoms with Crippen LogP contribution in [0.4, 0.5) is 0 Å². The summed E-state index contributed by atoms with van der Waals surface area (Å²) in [4.78, 5) is 0. The van der Waals surface area contributed by atoms with Gasteiger partial charge < -0.3 is 4.74 Å². The highest BCUT2D eigenvalue weighted by Crippen LogP contribution is 2.18. The van der Waals surface area contributed by atoms with Crippen molar-refractivity contribution >= 4 is 20.4 Å². The maximum atomic E-state index is 5.78. The van der Waals surface area contributed by atoms with Crippen LogP contribution in [0.15, 0.2) is 12.3 Å². The summed E-state index contributed by atoms with van der Waals surface area (Å²) >= 11 is 5.69. The second-order valence-electron chi connectivity index (χ2n) is 3.64. The largest absolute Gasteiger partial charge is 0.382 e. The minimum Gasteiger partial charge on any atom is -0.382 e. The molecule has 0 saturated carbocycles. The summed E-state index contributed by atoms with van der Waals surface area (Å²) in [6, 6.07) is 1.26. The van der Waals surface area contributed by atoms with Crippen molar-refractivity contribution in [3.8, 4) is 0 Å². The molecule has 0 N–H and O–H groups in total. The van der Waals surface area contributed by atoms with Gasteiger partial charge >= 0.3 is 0 Å². The van der Waals surface area contributed by atoms with Crippen LogP contribution in [0.25, 0.3) is 0 Å². The van der Waals surface area contributed by atoms with Gasteiger partial charge in [0.25, 0.3) is 0 Å². The summed E-state index contributed by atoms with van der Waals surface area (Å²) in [7, 11) is -0.855. The molecule has 0 aromatic carbocycles. The Labute approximate surface area is 87.7 Å². The molecule has 0 amide bonds. The summed E-state index contributed by atoms with van der Waals surface area (Å²) in [5.41, 5.74) is 2.72. The van der Waals surface area contributed by atoms with E-state index in [-0.39, 0.29) is 0 Å². The molecule has 3 heteroatoms. The first-order valence-corrected chi connectivity index (χ1v) is 7.87. The summed E-state index contributed by atoms with van der Waals surface area (Å²) in [6.45, 7) is 4.89. The Hall–Kier alpha value is 0.207. The van der Waals surface area contributed by atoms with Crippen LogP contribution >= 0.6 is 11.6 Å². The van der Waals surface area contributed by atoms with Gasteiger partial charge in [-0.1, -0.05) is 6.04 Å². The van der Waals surface area contributed by atoms with E-state index in [4.69, 9.17) is 16.3 Å². The van der Waals surface area contributed by atoms with Crippen LogP contribution in [0.1, 0.15) is 25.7 Å². The molecule has 0 radical (unpaired) electrons. The first-order valence-electron chi connectivity index (χ1n) is 5.18. The summed E-state index contributed by atoms with van der Waals surface area (Å²) in [5, 5.41) is 0. The third-order valence-electron chi connectivity index (χ3n) is 2.67. The number of alkyl halides is 1. The van der Waals surface area contributed by atoms with Crippen LogP contribution in [0.3, 0.4) is 0 Å². The van der Waals surface area contributed by atoms with E-state index in [1.165, 1.54) is 25.3 Å². The van der Waals surface area contributed by atoms with Crippen LogP contribution in [-0.2, 0) is 4.74 Å². The van der Waals surface area contributed by atoms with Gasteiger partial charge in [-0.15, -0.1) is 23.9 Å². The van der Waals surface area contributed by atoms with Gasteiger partial charge in [-0.2, -0.15) is 0 Å². The van der Waals surface area contributed by atoms with Gasteiger partial charge in [-0.25, -0.2) is 0 Å². The third kappa shape index (κ3) is 3.84. The lowest BCUT2D eigenvalue weighted by molar-refractivity contribution is 0.0631. The predicted octanol–water partition coefficient (Wildman–Crippen LogP) is 2.68. The maximum Gasteiger partial charge on any atom is 0.0943 e. The first kappa shape index (κ1) is 11.3. The molecule has 76 valence electrons. The molecule has 0 bridgehead atoms. The van der Waals surface area contributed by atoms with Crippen molar-refractivity contribution in [3.05, 3.63) is 12.3 Å². The Balaban J connectivity index is 2.30. The SMILES string of the molecule is C=C[SiH](CCCCl)C1CCCCO1. The molecule has 1 fully saturated rings. The highest BCUT2D eigenvalue weighted by molar-refractivity contribution is 6.65. The summed E-state index contributed by atoms with van der Waals surface area (Å²) in [5.74, 6) is 0.782. The smallest absolute Gasteiger partial charge is 0.0943 e. The van der Waals surface area contributed by atoms with Gasteiger partial charge in [0.05, 0.1) is 8.80 Å². The summed E-state index contributed by atoms with van der Waals surface area (Å²) < 4.78 is 5.78. The molecule has 1 aliphatic rings. The van der Waals surface area contributed by atoms with Crippen LogP contribution in [0.5, 0.6) is 0 Å². The zero-order valence-electron chi connectivity index (χ0n) is 8.18. The van der Waals surface area contributed by atoms with Gasteiger partial charge in [0.2, 0.25) is 0 Å². The second-order valence-corrected chi connectivity index (χ2v) is 7.13. The molecule has 1 rings (SSSR count). The van der Waals surface area contributed by atoms with Crippen molar-refractivity contribution in [1.82, 2.24) is 0 Å². The van der Waals surface area contributed by atoms with E-state index >= 15 is 0 Å². The van der Waals surface area contributed by atoms with Gasteiger partial charge in [0.1, 0.15) is 0 Å². The molecule has 0 aromatic heterocycles. The minimum absolute atomic E-state index is 0.550. The van der Waals surface area contributed by atoms with Crippen LogP contribution in [0, 0.1) is 0 Å². The Kier molecular flexibility index (Phi) is 5.75. The topological polar surface area (TPSA) is 9.23 Å². The molecule has 1 heterocycles. The molecule has 0 aliphatic carbocycles. The van der Waals surface area contributed by atoms with Gasteiger partial charge in [0.15, 0.2) is 0 Å². The van der Waals surface area contributed by atoms with Crippen molar-refractivity contribution in [2.45, 2.75) is 37.5 Å². The molecule has 1 saturated heterocycles.